The first kappa shape index (κ1) is 15.3. The van der Waals surface area contributed by atoms with Gasteiger partial charge in [-0.3, -0.25) is 9.69 Å². The van der Waals surface area contributed by atoms with Crippen molar-refractivity contribution in [1.29, 1.82) is 5.26 Å². The second-order valence-electron chi connectivity index (χ2n) is 6.62. The molecule has 3 atom stereocenters. The van der Waals surface area contributed by atoms with Gasteiger partial charge in [-0.05, 0) is 44.7 Å². The third-order valence-electron chi connectivity index (χ3n) is 4.93. The number of nitrogens with zero attached hydrogens (tertiary/aromatic N) is 2. The summed E-state index contributed by atoms with van der Waals surface area (Å²) in [5.41, 5.74) is -0.778. The van der Waals surface area contributed by atoms with Gasteiger partial charge in [0.25, 0.3) is 0 Å². The highest BCUT2D eigenvalue weighted by Crippen LogP contribution is 2.26. The number of hydrogen-bond acceptors (Lipinski definition) is 4. The highest BCUT2D eigenvalue weighted by Gasteiger charge is 2.37. The van der Waals surface area contributed by atoms with E-state index in [-0.39, 0.29) is 11.8 Å². The number of nitriles is 1. The van der Waals surface area contributed by atoms with Gasteiger partial charge in [0.2, 0.25) is 5.91 Å². The molecule has 20 heavy (non-hydrogen) atoms. The first-order chi connectivity index (χ1) is 9.46. The molecular formula is C15H26N4O. The third-order valence-corrected chi connectivity index (χ3v) is 4.93. The van der Waals surface area contributed by atoms with E-state index in [1.54, 1.807) is 6.92 Å². The quantitative estimate of drug-likeness (QED) is 0.795. The van der Waals surface area contributed by atoms with Gasteiger partial charge < -0.3 is 10.6 Å². The largest absolute Gasteiger partial charge is 0.337 e. The van der Waals surface area contributed by atoms with E-state index in [1.807, 2.05) is 13.8 Å². The van der Waals surface area contributed by atoms with Crippen molar-refractivity contribution in [3.63, 3.8) is 0 Å². The smallest absolute Gasteiger partial charge is 0.235 e. The summed E-state index contributed by atoms with van der Waals surface area (Å²) in [6.07, 6.45) is 2.42. The third kappa shape index (κ3) is 3.13. The zero-order valence-electron chi connectivity index (χ0n) is 12.8. The topological polar surface area (TPSA) is 68.2 Å². The molecule has 0 aromatic rings. The van der Waals surface area contributed by atoms with Crippen LogP contribution in [0.2, 0.25) is 0 Å². The fourth-order valence-electron chi connectivity index (χ4n) is 3.17. The van der Waals surface area contributed by atoms with Gasteiger partial charge in [0.1, 0.15) is 5.54 Å². The number of hydrogen-bond donors (Lipinski definition) is 2. The van der Waals surface area contributed by atoms with E-state index < -0.39 is 5.54 Å². The monoisotopic (exact) mass is 278 g/mol. The predicted molar refractivity (Wildman–Crippen MR) is 78.0 cm³/mol. The van der Waals surface area contributed by atoms with E-state index in [0.29, 0.717) is 18.5 Å². The van der Waals surface area contributed by atoms with Crippen LogP contribution in [0, 0.1) is 23.2 Å². The van der Waals surface area contributed by atoms with Crippen LogP contribution in [-0.4, -0.2) is 48.6 Å². The first-order valence-corrected chi connectivity index (χ1v) is 7.63. The van der Waals surface area contributed by atoms with Crippen LogP contribution in [0.5, 0.6) is 0 Å². The van der Waals surface area contributed by atoms with Crippen LogP contribution in [0.25, 0.3) is 0 Å². The van der Waals surface area contributed by atoms with E-state index >= 15 is 0 Å². The molecule has 5 heteroatoms. The molecule has 0 aromatic carbocycles. The summed E-state index contributed by atoms with van der Waals surface area (Å²) in [4.78, 5) is 14.5. The molecule has 0 saturated carbocycles. The fraction of sp³-hybridized carbons (Fsp3) is 0.867. The van der Waals surface area contributed by atoms with E-state index in [4.69, 9.17) is 0 Å². The lowest BCUT2D eigenvalue weighted by Crippen LogP contribution is -2.54. The highest BCUT2D eigenvalue weighted by atomic mass is 16.2. The Bertz CT molecular complexity index is 403. The number of nitrogens with one attached hydrogen (secondary N) is 2. The molecule has 0 radical (unpaired) electrons. The minimum Gasteiger partial charge on any atom is -0.337 e. The average molecular weight is 278 g/mol. The van der Waals surface area contributed by atoms with E-state index in [1.165, 1.54) is 6.42 Å². The highest BCUT2D eigenvalue weighted by molar-refractivity contribution is 5.79. The van der Waals surface area contributed by atoms with Gasteiger partial charge in [-0.1, -0.05) is 13.8 Å². The molecular weight excluding hydrogens is 252 g/mol. The van der Waals surface area contributed by atoms with Gasteiger partial charge in [0, 0.05) is 12.6 Å². The number of likely N-dealkylation sites (tertiary alicyclic amines) is 1. The molecule has 2 saturated heterocycles. The molecule has 1 amide bonds. The lowest BCUT2D eigenvalue weighted by Gasteiger charge is -2.37. The number of rotatable bonds is 4. The molecule has 0 aromatic heterocycles. The van der Waals surface area contributed by atoms with Crippen molar-refractivity contribution >= 4 is 5.91 Å². The maximum atomic E-state index is 12.3. The van der Waals surface area contributed by atoms with Gasteiger partial charge in [-0.25, -0.2) is 0 Å². The second-order valence-corrected chi connectivity index (χ2v) is 6.62. The van der Waals surface area contributed by atoms with Crippen LogP contribution < -0.4 is 10.6 Å². The van der Waals surface area contributed by atoms with Gasteiger partial charge in [-0.15, -0.1) is 0 Å². The normalized spacial score (nSPS) is 29.6. The van der Waals surface area contributed by atoms with Gasteiger partial charge >= 0.3 is 0 Å². The van der Waals surface area contributed by atoms with Gasteiger partial charge in [0.05, 0.1) is 12.6 Å². The molecule has 2 N–H and O–H groups in total. The zero-order valence-corrected chi connectivity index (χ0v) is 12.8. The van der Waals surface area contributed by atoms with Crippen LogP contribution in [0.15, 0.2) is 0 Å². The van der Waals surface area contributed by atoms with E-state index in [9.17, 15) is 10.1 Å². The summed E-state index contributed by atoms with van der Waals surface area (Å²) in [7, 11) is 0. The van der Waals surface area contributed by atoms with Crippen molar-refractivity contribution in [1.82, 2.24) is 15.5 Å². The standard InChI is InChI=1S/C15H26N4O/c1-11(2)15(3,10-16)18-14(20)9-19-6-4-5-12-7-17-8-13(12)19/h11-13,17H,4-9H2,1-3H3,(H,18,20). The second kappa shape index (κ2) is 6.11. The van der Waals surface area contributed by atoms with Gasteiger partial charge in [0.15, 0.2) is 0 Å². The Balaban J connectivity index is 1.93. The summed E-state index contributed by atoms with van der Waals surface area (Å²) in [6, 6.07) is 2.72. The van der Waals surface area contributed by atoms with Gasteiger partial charge in [-0.2, -0.15) is 5.26 Å². The number of fused-ring (bicyclic) bond motifs is 1. The molecule has 2 aliphatic heterocycles. The van der Waals surface area contributed by atoms with Crippen molar-refractivity contribution in [3.8, 4) is 6.07 Å². The number of carbonyl (C=O) groups excluding carboxylic acids is 1. The Morgan fingerprint density at radius 3 is 2.95 bits per heavy atom. The molecule has 3 unspecified atom stereocenters. The zero-order chi connectivity index (χ0) is 14.8. The van der Waals surface area contributed by atoms with Crippen LogP contribution in [-0.2, 0) is 4.79 Å². The first-order valence-electron chi connectivity index (χ1n) is 7.63. The number of carbonyl (C=O) groups is 1. The molecule has 2 rings (SSSR count). The van der Waals surface area contributed by atoms with Crippen molar-refractivity contribution in [2.24, 2.45) is 11.8 Å². The van der Waals surface area contributed by atoms with E-state index in [0.717, 1.165) is 26.1 Å². The Morgan fingerprint density at radius 1 is 1.55 bits per heavy atom. The molecule has 2 aliphatic rings. The van der Waals surface area contributed by atoms with Crippen molar-refractivity contribution in [3.05, 3.63) is 0 Å². The van der Waals surface area contributed by atoms with E-state index in [2.05, 4.69) is 21.6 Å². The summed E-state index contributed by atoms with van der Waals surface area (Å²) < 4.78 is 0. The molecule has 112 valence electrons. The molecule has 0 bridgehead atoms. The minimum absolute atomic E-state index is 0.0321. The average Bonchev–Trinajstić information content (AvgIpc) is 2.87. The van der Waals surface area contributed by atoms with Crippen molar-refractivity contribution in [2.75, 3.05) is 26.2 Å². The Hall–Kier alpha value is -1.12. The molecule has 0 spiro atoms. The summed E-state index contributed by atoms with van der Waals surface area (Å²) in [5, 5.41) is 15.6. The van der Waals surface area contributed by atoms with Crippen LogP contribution in [0.4, 0.5) is 0 Å². The van der Waals surface area contributed by atoms with Crippen LogP contribution in [0.1, 0.15) is 33.6 Å². The fourth-order valence-corrected chi connectivity index (χ4v) is 3.17. The number of piperidine rings is 1. The lowest BCUT2D eigenvalue weighted by molar-refractivity contribution is -0.124. The number of amides is 1. The summed E-state index contributed by atoms with van der Waals surface area (Å²) in [5.74, 6) is 0.748. The predicted octanol–water partition coefficient (Wildman–Crippen LogP) is 0.725. The Morgan fingerprint density at radius 2 is 2.30 bits per heavy atom. The van der Waals surface area contributed by atoms with Crippen LogP contribution in [0.3, 0.4) is 0 Å². The molecule has 0 aliphatic carbocycles. The van der Waals surface area contributed by atoms with Crippen molar-refractivity contribution < 1.29 is 4.79 Å². The van der Waals surface area contributed by atoms with Crippen LogP contribution >= 0.6 is 0 Å². The SMILES string of the molecule is CC(C)C(C)(C#N)NC(=O)CN1CCCC2CNCC21. The molecule has 2 fully saturated rings. The lowest BCUT2D eigenvalue weighted by atomic mass is 9.89. The Kier molecular flexibility index (Phi) is 4.66. The summed E-state index contributed by atoms with van der Waals surface area (Å²) in [6.45, 7) is 9.17. The molecule has 2 heterocycles. The Labute approximate surface area is 121 Å². The molecule has 5 nitrogen and oxygen atoms in total. The van der Waals surface area contributed by atoms with Crippen molar-refractivity contribution in [2.45, 2.75) is 45.2 Å². The maximum absolute atomic E-state index is 12.3. The summed E-state index contributed by atoms with van der Waals surface area (Å²) >= 11 is 0. The minimum atomic E-state index is -0.778. The maximum Gasteiger partial charge on any atom is 0.235 e.